The summed E-state index contributed by atoms with van der Waals surface area (Å²) in [6.07, 6.45) is 3.41. The molecule has 11 heavy (non-hydrogen) atoms. The van der Waals surface area contributed by atoms with Crippen molar-refractivity contribution < 1.29 is 0 Å². The quantitative estimate of drug-likeness (QED) is 0.571. The van der Waals surface area contributed by atoms with E-state index in [0.29, 0.717) is 10.3 Å². The van der Waals surface area contributed by atoms with Crippen molar-refractivity contribution in [2.75, 3.05) is 5.73 Å². The van der Waals surface area contributed by atoms with Gasteiger partial charge < -0.3 is 5.73 Å². The molecule has 2 nitrogen and oxygen atoms in total. The topological polar surface area (TPSA) is 38.9 Å². The first-order valence-corrected chi connectivity index (χ1v) is 3.80. The molecule has 0 bridgehead atoms. The van der Waals surface area contributed by atoms with Crippen LogP contribution in [0.15, 0.2) is 29.2 Å². The van der Waals surface area contributed by atoms with Gasteiger partial charge in [-0.1, -0.05) is 6.58 Å². The summed E-state index contributed by atoms with van der Waals surface area (Å²) in [6, 6.07) is 1.80. The summed E-state index contributed by atoms with van der Waals surface area (Å²) in [4.78, 5) is 3.99. The third kappa shape index (κ3) is 1.93. The molecule has 56 valence electrons. The Balaban J connectivity index is 3.14. The van der Waals surface area contributed by atoms with Gasteiger partial charge in [-0.3, -0.25) is 0 Å². The van der Waals surface area contributed by atoms with Crippen molar-refractivity contribution in [1.29, 1.82) is 0 Å². The maximum atomic E-state index is 5.57. The molecule has 0 saturated carbocycles. The highest BCUT2D eigenvalue weighted by Gasteiger charge is 1.95. The molecule has 0 saturated heterocycles. The smallest absolute Gasteiger partial charge is 0.128 e. The van der Waals surface area contributed by atoms with E-state index in [9.17, 15) is 0 Å². The van der Waals surface area contributed by atoms with Crippen molar-refractivity contribution in [3.63, 3.8) is 0 Å². The van der Waals surface area contributed by atoms with Gasteiger partial charge in [-0.05, 0) is 28.1 Å². The zero-order valence-electron chi connectivity index (χ0n) is 5.84. The highest BCUT2D eigenvalue weighted by atomic mass is 79.9. The molecule has 0 atom stereocenters. The summed E-state index contributed by atoms with van der Waals surface area (Å²) >= 11 is 3.19. The van der Waals surface area contributed by atoms with E-state index in [2.05, 4.69) is 33.2 Å². The SMILES string of the molecule is C=C=Cc1cnc(Br)c(N)c1. The van der Waals surface area contributed by atoms with Crippen LogP contribution in [0.4, 0.5) is 5.69 Å². The molecule has 0 fully saturated rings. The Kier molecular flexibility index (Phi) is 2.47. The molecule has 1 aromatic heterocycles. The minimum Gasteiger partial charge on any atom is -0.397 e. The van der Waals surface area contributed by atoms with Crippen LogP contribution in [0, 0.1) is 0 Å². The van der Waals surface area contributed by atoms with Crippen molar-refractivity contribution in [3.8, 4) is 0 Å². The molecule has 2 N–H and O–H groups in total. The zero-order valence-corrected chi connectivity index (χ0v) is 7.43. The molecule has 1 rings (SSSR count). The summed E-state index contributed by atoms with van der Waals surface area (Å²) in [5.74, 6) is 0. The molecule has 0 aliphatic heterocycles. The Bertz CT molecular complexity index is 314. The number of pyridine rings is 1. The second-order valence-electron chi connectivity index (χ2n) is 2.00. The number of nitrogens with zero attached hydrogens (tertiary/aromatic N) is 1. The summed E-state index contributed by atoms with van der Waals surface area (Å²) < 4.78 is 0.665. The molecule has 3 heteroatoms. The Morgan fingerprint density at radius 1 is 1.73 bits per heavy atom. The van der Waals surface area contributed by atoms with E-state index in [0.717, 1.165) is 5.56 Å². The number of anilines is 1. The van der Waals surface area contributed by atoms with Crippen LogP contribution in [0.2, 0.25) is 0 Å². The van der Waals surface area contributed by atoms with Crippen molar-refractivity contribution in [1.82, 2.24) is 4.98 Å². The molecule has 0 unspecified atom stereocenters. The molecular weight excluding hydrogens is 204 g/mol. The van der Waals surface area contributed by atoms with Crippen molar-refractivity contribution in [3.05, 3.63) is 34.7 Å². The van der Waals surface area contributed by atoms with Gasteiger partial charge in [0, 0.05) is 11.8 Å². The molecular formula is C8H7BrN2. The van der Waals surface area contributed by atoms with E-state index in [1.165, 1.54) is 0 Å². The number of halogens is 1. The van der Waals surface area contributed by atoms with Gasteiger partial charge in [-0.15, -0.1) is 5.73 Å². The fourth-order valence-corrected chi connectivity index (χ4v) is 0.896. The van der Waals surface area contributed by atoms with E-state index in [1.54, 1.807) is 18.3 Å². The van der Waals surface area contributed by atoms with Gasteiger partial charge in [-0.2, -0.15) is 0 Å². The fraction of sp³-hybridized carbons (Fsp3) is 0. The first-order valence-electron chi connectivity index (χ1n) is 3.01. The highest BCUT2D eigenvalue weighted by molar-refractivity contribution is 9.10. The van der Waals surface area contributed by atoms with Gasteiger partial charge in [0.05, 0.1) is 5.69 Å². The predicted molar refractivity (Wildman–Crippen MR) is 50.0 cm³/mol. The molecule has 0 spiro atoms. The van der Waals surface area contributed by atoms with Crippen molar-refractivity contribution in [2.24, 2.45) is 0 Å². The van der Waals surface area contributed by atoms with Gasteiger partial charge >= 0.3 is 0 Å². The largest absolute Gasteiger partial charge is 0.397 e. The van der Waals surface area contributed by atoms with E-state index < -0.39 is 0 Å². The zero-order chi connectivity index (χ0) is 8.27. The molecule has 0 aliphatic carbocycles. The average molecular weight is 211 g/mol. The minimum atomic E-state index is 0.619. The van der Waals surface area contributed by atoms with Crippen LogP contribution in [0.5, 0.6) is 0 Å². The van der Waals surface area contributed by atoms with Crippen LogP contribution in [0.25, 0.3) is 6.08 Å². The third-order valence-electron chi connectivity index (χ3n) is 1.16. The summed E-state index contributed by atoms with van der Waals surface area (Å²) in [6.45, 7) is 3.45. The molecule has 0 radical (unpaired) electrons. The first kappa shape index (κ1) is 8.05. The first-order chi connectivity index (χ1) is 5.24. The van der Waals surface area contributed by atoms with Crippen molar-refractivity contribution in [2.45, 2.75) is 0 Å². The van der Waals surface area contributed by atoms with E-state index >= 15 is 0 Å². The number of nitrogen functional groups attached to an aromatic ring is 1. The number of nitrogens with two attached hydrogens (primary N) is 1. The van der Waals surface area contributed by atoms with Crippen LogP contribution < -0.4 is 5.73 Å². The van der Waals surface area contributed by atoms with Crippen LogP contribution in [0.1, 0.15) is 5.56 Å². The van der Waals surface area contributed by atoms with Gasteiger partial charge in [0.1, 0.15) is 4.60 Å². The number of aromatic nitrogens is 1. The molecule has 0 aromatic carbocycles. The molecule has 0 aliphatic rings. The summed E-state index contributed by atoms with van der Waals surface area (Å²) in [5, 5.41) is 0. The van der Waals surface area contributed by atoms with Crippen molar-refractivity contribution >= 4 is 27.7 Å². The van der Waals surface area contributed by atoms with E-state index in [-0.39, 0.29) is 0 Å². The van der Waals surface area contributed by atoms with E-state index in [1.807, 2.05) is 0 Å². The Labute approximate surface area is 73.6 Å². The lowest BCUT2D eigenvalue weighted by Gasteiger charge is -1.96. The number of rotatable bonds is 1. The molecule has 1 aromatic rings. The minimum absolute atomic E-state index is 0.619. The van der Waals surface area contributed by atoms with Gasteiger partial charge in [0.25, 0.3) is 0 Å². The summed E-state index contributed by atoms with van der Waals surface area (Å²) in [5.41, 5.74) is 9.74. The maximum Gasteiger partial charge on any atom is 0.128 e. The molecule has 1 heterocycles. The fourth-order valence-electron chi connectivity index (χ4n) is 0.679. The third-order valence-corrected chi connectivity index (χ3v) is 1.82. The average Bonchev–Trinajstić information content (AvgIpc) is 1.98. The second-order valence-corrected chi connectivity index (χ2v) is 2.75. The monoisotopic (exact) mass is 210 g/mol. The highest BCUT2D eigenvalue weighted by Crippen LogP contribution is 2.17. The van der Waals surface area contributed by atoms with Gasteiger partial charge in [0.15, 0.2) is 0 Å². The lowest BCUT2D eigenvalue weighted by molar-refractivity contribution is 1.27. The maximum absolute atomic E-state index is 5.57. The predicted octanol–water partition coefficient (Wildman–Crippen LogP) is 2.22. The standard InChI is InChI=1S/C8H7BrN2/c1-2-3-6-4-7(10)8(9)11-5-6/h3-5H,1,10H2. The van der Waals surface area contributed by atoms with Gasteiger partial charge in [-0.25, -0.2) is 4.98 Å². The van der Waals surface area contributed by atoms with E-state index in [4.69, 9.17) is 5.73 Å². The lowest BCUT2D eigenvalue weighted by atomic mass is 10.2. The Hall–Kier alpha value is -1.05. The van der Waals surface area contributed by atoms with Crippen LogP contribution in [-0.2, 0) is 0 Å². The number of hydrogen-bond donors (Lipinski definition) is 1. The molecule has 0 amide bonds. The lowest BCUT2D eigenvalue weighted by Crippen LogP contribution is -1.89. The Morgan fingerprint density at radius 3 is 3.00 bits per heavy atom. The van der Waals surface area contributed by atoms with Gasteiger partial charge in [0.2, 0.25) is 0 Å². The second kappa shape index (κ2) is 3.37. The number of hydrogen-bond acceptors (Lipinski definition) is 2. The van der Waals surface area contributed by atoms with Crippen LogP contribution in [-0.4, -0.2) is 4.98 Å². The van der Waals surface area contributed by atoms with Crippen LogP contribution >= 0.6 is 15.9 Å². The van der Waals surface area contributed by atoms with Crippen LogP contribution in [0.3, 0.4) is 0 Å². The normalized spacial score (nSPS) is 8.82. The Morgan fingerprint density at radius 2 is 2.45 bits per heavy atom. The summed E-state index contributed by atoms with van der Waals surface area (Å²) in [7, 11) is 0.